The van der Waals surface area contributed by atoms with Crippen molar-refractivity contribution in [1.29, 1.82) is 0 Å². The summed E-state index contributed by atoms with van der Waals surface area (Å²) < 4.78 is 5.62. The number of rotatable bonds is 4. The highest BCUT2D eigenvalue weighted by molar-refractivity contribution is 6.02. The largest absolute Gasteiger partial charge is 0.438 e. The molecule has 4 heterocycles. The van der Waals surface area contributed by atoms with Crippen LogP contribution in [0.1, 0.15) is 44.9 Å². The molecule has 0 aromatic rings. The monoisotopic (exact) mass is 493 g/mol. The van der Waals surface area contributed by atoms with E-state index in [0.717, 1.165) is 37.0 Å². The first kappa shape index (κ1) is 23.6. The minimum absolute atomic E-state index is 0.0275. The Labute approximate surface area is 201 Å². The summed E-state index contributed by atoms with van der Waals surface area (Å²) in [5.74, 6) is -3.32. The minimum atomic E-state index is -2.65. The number of likely N-dealkylation sites (tertiary alicyclic amines) is 1. The van der Waals surface area contributed by atoms with E-state index < -0.39 is 35.7 Å². The van der Waals surface area contributed by atoms with Crippen LogP contribution in [0.15, 0.2) is 4.99 Å². The van der Waals surface area contributed by atoms with E-state index in [1.54, 1.807) is 7.05 Å². The fourth-order valence-electron chi connectivity index (χ4n) is 6.09. The van der Waals surface area contributed by atoms with Crippen LogP contribution in [0, 0.1) is 0 Å². The van der Waals surface area contributed by atoms with Gasteiger partial charge in [-0.15, -0.1) is 0 Å². The zero-order chi connectivity index (χ0) is 25.1. The van der Waals surface area contributed by atoms with E-state index in [1.807, 2.05) is 0 Å². The summed E-state index contributed by atoms with van der Waals surface area (Å²) in [5, 5.41) is 25.8. The van der Waals surface area contributed by atoms with Crippen LogP contribution in [0.5, 0.6) is 0 Å². The summed E-state index contributed by atoms with van der Waals surface area (Å²) in [4.78, 5) is 48.8. The lowest BCUT2D eigenvalue weighted by atomic mass is 9.85. The van der Waals surface area contributed by atoms with Gasteiger partial charge in [0.15, 0.2) is 18.1 Å². The third-order valence-electron chi connectivity index (χ3n) is 8.01. The zero-order valence-corrected chi connectivity index (χ0v) is 19.6. The van der Waals surface area contributed by atoms with Crippen LogP contribution in [-0.4, -0.2) is 111 Å². The lowest BCUT2D eigenvalue weighted by Crippen LogP contribution is -2.90. The lowest BCUT2D eigenvalue weighted by Gasteiger charge is -2.46. The molecular formula is C21H33N8O6+. The molecule has 5 aliphatic rings. The van der Waals surface area contributed by atoms with E-state index in [0.29, 0.717) is 0 Å². The molecule has 0 unspecified atom stereocenters. The first-order valence-electron chi connectivity index (χ1n) is 12.1. The molecule has 4 atom stereocenters. The van der Waals surface area contributed by atoms with Gasteiger partial charge >= 0.3 is 12.1 Å². The van der Waals surface area contributed by atoms with Gasteiger partial charge in [-0.2, -0.15) is 0 Å². The fourth-order valence-corrected chi connectivity index (χ4v) is 6.09. The van der Waals surface area contributed by atoms with E-state index in [2.05, 4.69) is 15.3 Å². The molecule has 2 saturated heterocycles. The maximum Gasteiger partial charge on any atom is 0.410 e. The van der Waals surface area contributed by atoms with Crippen molar-refractivity contribution in [1.82, 2.24) is 20.0 Å². The van der Waals surface area contributed by atoms with Gasteiger partial charge in [-0.25, -0.2) is 15.1 Å². The molecule has 35 heavy (non-hydrogen) atoms. The van der Waals surface area contributed by atoms with Crippen molar-refractivity contribution in [3.05, 3.63) is 0 Å². The van der Waals surface area contributed by atoms with Gasteiger partial charge in [-0.1, -0.05) is 19.3 Å². The van der Waals surface area contributed by atoms with E-state index >= 15 is 0 Å². The van der Waals surface area contributed by atoms with Crippen molar-refractivity contribution in [2.75, 3.05) is 20.1 Å². The van der Waals surface area contributed by atoms with E-state index in [4.69, 9.17) is 16.2 Å². The van der Waals surface area contributed by atoms with E-state index in [-0.39, 0.29) is 55.7 Å². The van der Waals surface area contributed by atoms with Crippen LogP contribution >= 0.6 is 0 Å². The van der Waals surface area contributed by atoms with Gasteiger partial charge in [0.2, 0.25) is 11.8 Å². The Balaban J connectivity index is 1.41. The number of nitrogens with zero attached hydrogens (tertiary/aromatic N) is 4. The van der Waals surface area contributed by atoms with Crippen molar-refractivity contribution in [2.24, 2.45) is 16.5 Å². The average molecular weight is 494 g/mol. The van der Waals surface area contributed by atoms with Crippen LogP contribution in [0.25, 0.3) is 0 Å². The molecular weight excluding hydrogens is 460 g/mol. The number of hydrogen-bond acceptors (Lipinski definition) is 11. The minimum Gasteiger partial charge on any atom is -0.438 e. The van der Waals surface area contributed by atoms with Gasteiger partial charge in [0.25, 0.3) is 11.4 Å². The fraction of sp³-hybridized carbons (Fsp3) is 0.762. The molecule has 0 aromatic heterocycles. The van der Waals surface area contributed by atoms with E-state index in [1.165, 1.54) is 9.80 Å². The Kier molecular flexibility index (Phi) is 5.55. The summed E-state index contributed by atoms with van der Waals surface area (Å²) in [5.41, 5.74) is 10.5. The number of ether oxygens (including phenoxy) is 1. The molecule has 3 amide bonds. The standard InChI is InChI=1S/C21H32N8O6/c1-27(11-5-3-2-4-6-11)19(32)35-13-10-29-18(23)24-12(9-28-14(30)7-8-15(28)31)16-20(29,21(13,33)34)26-17(22)25-16/h11-13,16,33-34H,2-10H2,1H3,(H2,23,24)(H3,22,25,26)/p+1/t12-,13-,16-,20-/m0/s1. The second-order valence-corrected chi connectivity index (χ2v) is 9.99. The first-order chi connectivity index (χ1) is 16.6. The average Bonchev–Trinajstić information content (AvgIpc) is 3.42. The molecule has 192 valence electrons. The van der Waals surface area contributed by atoms with Gasteiger partial charge in [-0.05, 0) is 12.8 Å². The number of imide groups is 1. The summed E-state index contributed by atoms with van der Waals surface area (Å²) in [7, 11) is 1.65. The molecule has 5 rings (SSSR count). The van der Waals surface area contributed by atoms with Gasteiger partial charge in [0.1, 0.15) is 6.04 Å². The highest BCUT2D eigenvalue weighted by Crippen LogP contribution is 2.42. The molecule has 0 aromatic carbocycles. The number of nitrogens with two attached hydrogens (primary N) is 2. The Morgan fingerprint density at radius 1 is 1.23 bits per heavy atom. The number of amides is 3. The first-order valence-corrected chi connectivity index (χ1v) is 12.1. The number of guanidine groups is 2. The lowest BCUT2D eigenvalue weighted by molar-refractivity contribution is -0.522. The highest BCUT2D eigenvalue weighted by atomic mass is 16.6. The number of aliphatic imine (C=N–C) groups is 1. The third kappa shape index (κ3) is 3.49. The number of aliphatic hydroxyl groups is 2. The van der Waals surface area contributed by atoms with Crippen LogP contribution in [0.3, 0.4) is 0 Å². The number of nitrogens with one attached hydrogen (secondary N) is 2. The predicted octanol–water partition coefficient (Wildman–Crippen LogP) is -4.34. The van der Waals surface area contributed by atoms with Crippen molar-refractivity contribution < 1.29 is 34.3 Å². The Morgan fingerprint density at radius 3 is 2.54 bits per heavy atom. The van der Waals surface area contributed by atoms with Crippen LogP contribution in [-0.2, 0) is 14.3 Å². The molecule has 1 aliphatic carbocycles. The molecule has 1 saturated carbocycles. The Bertz CT molecular complexity index is 978. The highest BCUT2D eigenvalue weighted by Gasteiger charge is 2.77. The summed E-state index contributed by atoms with van der Waals surface area (Å²) in [6, 6.07) is -1.70. The second kappa shape index (κ2) is 8.22. The third-order valence-corrected chi connectivity index (χ3v) is 8.01. The number of carbonyl (C=O) groups is 3. The normalized spacial score (nSPS) is 34.2. The second-order valence-electron chi connectivity index (χ2n) is 9.99. The number of hydrogen-bond donors (Lipinski definition) is 6. The van der Waals surface area contributed by atoms with Crippen LogP contribution in [0.4, 0.5) is 4.79 Å². The van der Waals surface area contributed by atoms with Gasteiger partial charge in [0, 0.05) is 25.9 Å². The quantitative estimate of drug-likeness (QED) is 0.164. The van der Waals surface area contributed by atoms with Crippen molar-refractivity contribution in [2.45, 2.75) is 80.6 Å². The van der Waals surface area contributed by atoms with Crippen molar-refractivity contribution >= 4 is 29.8 Å². The predicted molar refractivity (Wildman–Crippen MR) is 120 cm³/mol. The van der Waals surface area contributed by atoms with E-state index in [9.17, 15) is 24.6 Å². The molecule has 0 bridgehead atoms. The van der Waals surface area contributed by atoms with Crippen molar-refractivity contribution in [3.63, 3.8) is 0 Å². The Morgan fingerprint density at radius 2 is 1.89 bits per heavy atom. The summed E-state index contributed by atoms with van der Waals surface area (Å²) in [6.07, 6.45) is 3.09. The number of carbonyl (C=O) groups excluding carboxylic acids is 3. The van der Waals surface area contributed by atoms with Crippen LogP contribution in [0.2, 0.25) is 0 Å². The van der Waals surface area contributed by atoms with Gasteiger partial charge in [-0.3, -0.25) is 30.1 Å². The summed E-state index contributed by atoms with van der Waals surface area (Å²) >= 11 is 0. The Hall–Kier alpha value is -3.13. The molecule has 8 N–H and O–H groups in total. The molecule has 3 fully saturated rings. The van der Waals surface area contributed by atoms with Gasteiger partial charge < -0.3 is 25.6 Å². The summed E-state index contributed by atoms with van der Waals surface area (Å²) in [6.45, 7) is -0.259. The maximum absolute atomic E-state index is 12.9. The van der Waals surface area contributed by atoms with Gasteiger partial charge in [0.05, 0.1) is 13.1 Å². The molecule has 14 nitrogen and oxygen atoms in total. The topological polar surface area (TPSA) is 201 Å². The molecule has 4 aliphatic heterocycles. The SMILES string of the molecule is CN(C(=O)O[C@H]1CN2C(N)=N[C@@H](CN3C(=O)CCC3=O)[C@@H]3[NH+]=C(N)N[C@@]32C1(O)O)C1CCCCC1. The van der Waals surface area contributed by atoms with Crippen molar-refractivity contribution in [3.8, 4) is 0 Å². The smallest absolute Gasteiger partial charge is 0.410 e. The molecule has 0 radical (unpaired) electrons. The maximum atomic E-state index is 12.9. The molecule has 1 spiro atoms. The molecule has 14 heteroatoms. The van der Waals surface area contributed by atoms with Crippen LogP contribution < -0.4 is 21.8 Å². The zero-order valence-electron chi connectivity index (χ0n) is 19.6.